The molecule has 3 N–H and O–H groups in total. The lowest BCUT2D eigenvalue weighted by Gasteiger charge is -2.36. The zero-order valence-corrected chi connectivity index (χ0v) is 36.4. The van der Waals surface area contributed by atoms with E-state index in [9.17, 15) is 24.0 Å². The van der Waals surface area contributed by atoms with Gasteiger partial charge in [0.25, 0.3) is 5.91 Å². The Labute approximate surface area is 363 Å². The maximum Gasteiger partial charge on any atom is 0.329 e. The molecule has 13 nitrogen and oxygen atoms in total. The number of nitrogens with zero attached hydrogens (tertiary/aromatic N) is 2. The first kappa shape index (κ1) is 44.2. The van der Waals surface area contributed by atoms with Crippen molar-refractivity contribution < 1.29 is 43.3 Å². The van der Waals surface area contributed by atoms with Crippen molar-refractivity contribution in [2.75, 3.05) is 25.1 Å². The lowest BCUT2D eigenvalue weighted by atomic mass is 9.69. The van der Waals surface area contributed by atoms with E-state index in [0.29, 0.717) is 64.9 Å². The molecule has 0 bridgehead atoms. The number of likely N-dealkylation sites (tertiary alicyclic amines) is 1. The monoisotopic (exact) mass is 846 g/mol. The Hall–Kier alpha value is -5.82. The topological polar surface area (TPSA) is 177 Å². The second-order valence-corrected chi connectivity index (χ2v) is 18.1. The van der Waals surface area contributed by atoms with Crippen LogP contribution in [0.15, 0.2) is 77.1 Å². The van der Waals surface area contributed by atoms with E-state index in [1.54, 1.807) is 11.0 Å². The van der Waals surface area contributed by atoms with Crippen molar-refractivity contribution in [3.8, 4) is 16.9 Å². The number of esters is 2. The summed E-state index contributed by atoms with van der Waals surface area (Å²) in [6.07, 6.45) is 6.22. The molecule has 2 aromatic carbocycles. The van der Waals surface area contributed by atoms with Crippen molar-refractivity contribution in [3.63, 3.8) is 0 Å². The molecule has 1 aromatic heterocycles. The average Bonchev–Trinajstić information content (AvgIpc) is 3.88. The van der Waals surface area contributed by atoms with Crippen LogP contribution in [0.3, 0.4) is 0 Å². The average molecular weight is 847 g/mol. The van der Waals surface area contributed by atoms with E-state index in [2.05, 4.69) is 51.8 Å². The number of nitrogens with one attached hydrogen (secondary N) is 2. The maximum atomic E-state index is 14.4. The molecular formula is C49H58N4O9. The fraction of sp³-hybridized carbons (Fsp3) is 0.469. The number of amidine groups is 1. The quantitative estimate of drug-likeness (QED) is 0.151. The van der Waals surface area contributed by atoms with E-state index >= 15 is 0 Å². The Morgan fingerprint density at radius 1 is 0.790 bits per heavy atom. The minimum absolute atomic E-state index is 0.0478. The number of allylic oxidation sites excluding steroid dienone is 1. The number of benzene rings is 2. The predicted molar refractivity (Wildman–Crippen MR) is 235 cm³/mol. The van der Waals surface area contributed by atoms with Gasteiger partial charge in [-0.1, -0.05) is 102 Å². The number of aromatic nitrogens is 1. The van der Waals surface area contributed by atoms with Crippen LogP contribution in [0.1, 0.15) is 91.3 Å². The number of carbonyl (C=O) groups excluding carboxylic acids is 4. The molecule has 7 rings (SSSR count). The normalized spacial score (nSPS) is 27.0. The largest absolute Gasteiger partial charge is 0.480 e. The van der Waals surface area contributed by atoms with Gasteiger partial charge in [-0.3, -0.25) is 24.1 Å². The van der Waals surface area contributed by atoms with E-state index in [1.807, 2.05) is 60.7 Å². The number of aromatic amines is 1. The van der Waals surface area contributed by atoms with Gasteiger partial charge < -0.3 is 29.6 Å². The van der Waals surface area contributed by atoms with Gasteiger partial charge in [0.1, 0.15) is 13.2 Å². The first-order chi connectivity index (χ1) is 29.7. The molecule has 13 heteroatoms. The van der Waals surface area contributed by atoms with Crippen LogP contribution in [-0.2, 0) is 33.4 Å². The van der Waals surface area contributed by atoms with Gasteiger partial charge in [-0.05, 0) is 84.8 Å². The minimum atomic E-state index is -1.23. The summed E-state index contributed by atoms with van der Waals surface area (Å²) in [7, 11) is 0. The van der Waals surface area contributed by atoms with Gasteiger partial charge in [0.05, 0.1) is 34.4 Å². The fourth-order valence-corrected chi connectivity index (χ4v) is 10.5. The molecule has 4 atom stereocenters. The van der Waals surface area contributed by atoms with Crippen molar-refractivity contribution in [3.05, 3.63) is 83.4 Å². The Balaban J connectivity index is 1.40. The molecule has 3 heterocycles. The Kier molecular flexibility index (Phi) is 13.6. The highest BCUT2D eigenvalue weighted by Crippen LogP contribution is 2.47. The Morgan fingerprint density at radius 3 is 1.87 bits per heavy atom. The molecule has 2 amide bonds. The maximum absolute atomic E-state index is 14.4. The Morgan fingerprint density at radius 2 is 1.34 bits per heavy atom. The number of carboxylic acids is 1. The van der Waals surface area contributed by atoms with Crippen LogP contribution >= 0.6 is 0 Å². The molecule has 0 spiro atoms. The van der Waals surface area contributed by atoms with Crippen LogP contribution in [0.2, 0.25) is 0 Å². The molecule has 3 aromatic rings. The molecule has 4 aliphatic rings. The van der Waals surface area contributed by atoms with Gasteiger partial charge in [0.15, 0.2) is 23.2 Å². The number of amides is 2. The highest BCUT2D eigenvalue weighted by molar-refractivity contribution is 6.18. The summed E-state index contributed by atoms with van der Waals surface area (Å²) in [6.45, 7) is 11.8. The molecule has 2 saturated carbocycles. The van der Waals surface area contributed by atoms with Crippen LogP contribution in [-0.4, -0.2) is 70.3 Å². The summed E-state index contributed by atoms with van der Waals surface area (Å²) in [5.74, 6) is -1.81. The molecule has 0 radical (unpaired) electrons. The summed E-state index contributed by atoms with van der Waals surface area (Å²) in [5.41, 5.74) is 3.07. The smallest absolute Gasteiger partial charge is 0.329 e. The van der Waals surface area contributed by atoms with E-state index in [1.165, 1.54) is 0 Å². The number of ether oxygens (including phenoxy) is 3. The number of H-pyrrole nitrogens is 1. The third-order valence-corrected chi connectivity index (χ3v) is 12.9. The summed E-state index contributed by atoms with van der Waals surface area (Å²) in [6, 6.07) is 18.7. The molecule has 2 aliphatic carbocycles. The van der Waals surface area contributed by atoms with Crippen molar-refractivity contribution >= 4 is 53.0 Å². The number of carboxylic acid groups (broad SMARTS) is 1. The summed E-state index contributed by atoms with van der Waals surface area (Å²) < 4.78 is 18.0. The van der Waals surface area contributed by atoms with E-state index in [-0.39, 0.29) is 64.6 Å². The number of rotatable bonds is 12. The Bertz CT molecular complexity index is 2260. The molecule has 3 fully saturated rings. The standard InChI is InChI=1S/C49H58N4O9/c1-27-20-29(3)40(30(4)21-27)48(58)61-44-42(33-14-9-7-10-15-33)35(50-46(44)52-37(54)25-60-26-39(56)57)24-36-43(34-16-11-8-12-17-34)45(47(51-36)53-19-13-18-38(53)55)62-49(59)41-31(5)22-28(2)23-32(41)6/h7-12,14-17,24,27-32,40-41,50H,13,18-23,25-26H2,1-6H3,(H,52,54)(H,56,57). The van der Waals surface area contributed by atoms with Crippen molar-refractivity contribution in [2.24, 2.45) is 52.3 Å². The lowest BCUT2D eigenvalue weighted by Crippen LogP contribution is -2.38. The number of carbonyl (C=O) groups is 5. The highest BCUT2D eigenvalue weighted by atomic mass is 16.5. The van der Waals surface area contributed by atoms with Gasteiger partial charge in [0, 0.05) is 13.0 Å². The number of aliphatic carboxylic acids is 1. The summed E-state index contributed by atoms with van der Waals surface area (Å²) >= 11 is 0. The van der Waals surface area contributed by atoms with Crippen LogP contribution < -0.4 is 10.1 Å². The van der Waals surface area contributed by atoms with E-state index < -0.39 is 37.0 Å². The molecule has 2 aliphatic heterocycles. The van der Waals surface area contributed by atoms with E-state index in [0.717, 1.165) is 25.7 Å². The van der Waals surface area contributed by atoms with Crippen LogP contribution in [0.5, 0.6) is 5.75 Å². The SMILES string of the molecule is CC1CC(C)C(C(=O)OC2=C(c3ccccc3)C(=Cc3[nH]c(NC(=O)COCC(=O)O)c(OC(=O)C4C(C)CC(C)CC4C)c3-c3ccccc3)N=C2N2CCCC2=O)C(C)C1. The number of aliphatic imine (C=N–C) groups is 1. The molecular weight excluding hydrogens is 789 g/mol. The third kappa shape index (κ3) is 9.62. The van der Waals surface area contributed by atoms with Crippen molar-refractivity contribution in [2.45, 2.75) is 80.1 Å². The molecule has 4 unspecified atom stereocenters. The number of anilines is 1. The number of hydrogen-bond acceptors (Lipinski definition) is 9. The first-order valence-electron chi connectivity index (χ1n) is 21.9. The molecule has 1 saturated heterocycles. The fourth-order valence-electron chi connectivity index (χ4n) is 10.5. The predicted octanol–water partition coefficient (Wildman–Crippen LogP) is 8.59. The molecule has 328 valence electrons. The number of hydrogen-bond donors (Lipinski definition) is 3. The summed E-state index contributed by atoms with van der Waals surface area (Å²) in [5, 5.41) is 11.9. The first-order valence-corrected chi connectivity index (χ1v) is 21.9. The van der Waals surface area contributed by atoms with Gasteiger partial charge in [0.2, 0.25) is 5.91 Å². The molecule has 62 heavy (non-hydrogen) atoms. The second-order valence-electron chi connectivity index (χ2n) is 18.1. The van der Waals surface area contributed by atoms with Gasteiger partial charge in [-0.15, -0.1) is 0 Å². The van der Waals surface area contributed by atoms with Gasteiger partial charge in [-0.25, -0.2) is 9.79 Å². The van der Waals surface area contributed by atoms with Crippen LogP contribution in [0.25, 0.3) is 22.8 Å². The van der Waals surface area contributed by atoms with E-state index in [4.69, 9.17) is 24.3 Å². The van der Waals surface area contributed by atoms with Crippen LogP contribution in [0, 0.1) is 47.3 Å². The van der Waals surface area contributed by atoms with Crippen molar-refractivity contribution in [1.29, 1.82) is 0 Å². The van der Waals surface area contributed by atoms with Gasteiger partial charge >= 0.3 is 17.9 Å². The van der Waals surface area contributed by atoms with Gasteiger partial charge in [-0.2, -0.15) is 0 Å². The van der Waals surface area contributed by atoms with Crippen LogP contribution in [0.4, 0.5) is 5.82 Å². The zero-order valence-electron chi connectivity index (χ0n) is 36.4. The third-order valence-electron chi connectivity index (χ3n) is 12.9. The second kappa shape index (κ2) is 19.1. The summed E-state index contributed by atoms with van der Waals surface area (Å²) in [4.78, 5) is 76.7. The minimum Gasteiger partial charge on any atom is -0.480 e. The zero-order chi connectivity index (χ0) is 44.2. The lowest BCUT2D eigenvalue weighted by molar-refractivity contribution is -0.149. The van der Waals surface area contributed by atoms with Crippen molar-refractivity contribution in [1.82, 2.24) is 9.88 Å². The highest BCUT2D eigenvalue weighted by Gasteiger charge is 2.43.